The zero-order chi connectivity index (χ0) is 19.4. The Bertz CT molecular complexity index is 676. The van der Waals surface area contributed by atoms with Gasteiger partial charge in [-0.3, -0.25) is 14.4 Å². The molecule has 26 heavy (non-hydrogen) atoms. The number of hydrogen-bond donors (Lipinski definition) is 0. The number of carbonyl (C=O) groups is 4. The quantitative estimate of drug-likeness (QED) is 0.391. The van der Waals surface area contributed by atoms with E-state index in [2.05, 4.69) is 0 Å². The summed E-state index contributed by atoms with van der Waals surface area (Å²) in [5.74, 6) is -3.70. The molecule has 1 aliphatic heterocycles. The highest BCUT2D eigenvalue weighted by molar-refractivity contribution is 5.89. The Hall–Kier alpha value is -2.84. The van der Waals surface area contributed by atoms with Crippen LogP contribution in [0.3, 0.4) is 0 Å². The monoisotopic (exact) mass is 368 g/mol. The van der Waals surface area contributed by atoms with Crippen molar-refractivity contribution in [2.24, 2.45) is 11.8 Å². The number of hydrogen-bond acceptors (Lipinski definition) is 9. The highest BCUT2D eigenvalue weighted by Gasteiger charge is 2.51. The molecule has 0 aromatic rings. The molecule has 4 atom stereocenters. The largest absolute Gasteiger partial charge is 0.466 e. The number of rotatable bonds is 5. The summed E-state index contributed by atoms with van der Waals surface area (Å²) in [5, 5.41) is 0. The van der Waals surface area contributed by atoms with Crippen LogP contribution in [0.15, 0.2) is 23.5 Å². The third kappa shape index (κ3) is 4.22. The van der Waals surface area contributed by atoms with Crippen LogP contribution in [0.4, 0.5) is 0 Å². The van der Waals surface area contributed by atoms with E-state index in [4.69, 9.17) is 23.7 Å². The third-order valence-corrected chi connectivity index (χ3v) is 3.98. The van der Waals surface area contributed by atoms with Crippen LogP contribution in [0.5, 0.6) is 0 Å². The normalized spacial score (nSPS) is 26.5. The van der Waals surface area contributed by atoms with E-state index in [1.807, 2.05) is 0 Å². The van der Waals surface area contributed by atoms with Gasteiger partial charge in [0.15, 0.2) is 0 Å². The molecule has 9 heteroatoms. The Kier molecular flexibility index (Phi) is 6.01. The molecule has 1 aliphatic carbocycles. The lowest BCUT2D eigenvalue weighted by atomic mass is 9.82. The minimum atomic E-state index is -1.06. The van der Waals surface area contributed by atoms with Gasteiger partial charge in [0, 0.05) is 26.7 Å². The van der Waals surface area contributed by atoms with Gasteiger partial charge in [-0.1, -0.05) is 0 Å². The van der Waals surface area contributed by atoms with Gasteiger partial charge in [0.05, 0.1) is 24.9 Å². The Balaban J connectivity index is 2.42. The van der Waals surface area contributed by atoms with Gasteiger partial charge in [-0.2, -0.15) is 0 Å². The molecule has 9 nitrogen and oxygen atoms in total. The van der Waals surface area contributed by atoms with Crippen molar-refractivity contribution in [3.05, 3.63) is 23.5 Å². The molecule has 0 radical (unpaired) electrons. The van der Waals surface area contributed by atoms with E-state index >= 15 is 0 Å². The third-order valence-electron chi connectivity index (χ3n) is 3.98. The van der Waals surface area contributed by atoms with Gasteiger partial charge in [0.2, 0.25) is 0 Å². The summed E-state index contributed by atoms with van der Waals surface area (Å²) in [6, 6.07) is 0. The van der Waals surface area contributed by atoms with Crippen LogP contribution in [0.25, 0.3) is 0 Å². The van der Waals surface area contributed by atoms with Gasteiger partial charge in [-0.25, -0.2) is 4.79 Å². The predicted molar refractivity (Wildman–Crippen MR) is 84.0 cm³/mol. The van der Waals surface area contributed by atoms with Crippen LogP contribution < -0.4 is 0 Å². The summed E-state index contributed by atoms with van der Waals surface area (Å²) in [5.41, 5.74) is 0.637. The lowest BCUT2D eigenvalue weighted by Crippen LogP contribution is -2.42. The van der Waals surface area contributed by atoms with Crippen LogP contribution in [0.2, 0.25) is 0 Å². The predicted octanol–water partition coefficient (Wildman–Crippen LogP) is 0.630. The maximum absolute atomic E-state index is 12.1. The molecule has 2 rings (SSSR count). The highest BCUT2D eigenvalue weighted by atomic mass is 16.7. The fourth-order valence-electron chi connectivity index (χ4n) is 3.07. The second-order valence-corrected chi connectivity index (χ2v) is 5.83. The minimum Gasteiger partial charge on any atom is -0.466 e. The maximum atomic E-state index is 12.1. The van der Waals surface area contributed by atoms with Crippen LogP contribution in [0, 0.1) is 11.8 Å². The Morgan fingerprint density at radius 3 is 2.19 bits per heavy atom. The molecule has 0 unspecified atom stereocenters. The van der Waals surface area contributed by atoms with E-state index in [1.165, 1.54) is 27.9 Å². The van der Waals surface area contributed by atoms with Crippen molar-refractivity contribution in [3.63, 3.8) is 0 Å². The second kappa shape index (κ2) is 8.03. The van der Waals surface area contributed by atoms with E-state index in [0.717, 1.165) is 6.26 Å². The Morgan fingerprint density at radius 2 is 1.65 bits per heavy atom. The zero-order valence-corrected chi connectivity index (χ0v) is 14.8. The smallest absolute Gasteiger partial charge is 0.337 e. The van der Waals surface area contributed by atoms with Crippen molar-refractivity contribution >= 4 is 23.9 Å². The average molecular weight is 368 g/mol. The van der Waals surface area contributed by atoms with Gasteiger partial charge in [0.25, 0.3) is 6.29 Å². The van der Waals surface area contributed by atoms with Crippen molar-refractivity contribution in [3.8, 4) is 0 Å². The topological polar surface area (TPSA) is 114 Å². The molecule has 0 amide bonds. The summed E-state index contributed by atoms with van der Waals surface area (Å²) in [6.07, 6.45) is 0.824. The van der Waals surface area contributed by atoms with E-state index < -0.39 is 48.1 Å². The first-order valence-corrected chi connectivity index (χ1v) is 7.86. The summed E-state index contributed by atoms with van der Waals surface area (Å²) < 4.78 is 25.7. The fourth-order valence-corrected chi connectivity index (χ4v) is 3.07. The maximum Gasteiger partial charge on any atom is 0.337 e. The molecule has 0 saturated heterocycles. The molecule has 0 bridgehead atoms. The summed E-state index contributed by atoms with van der Waals surface area (Å²) in [6.45, 7) is 3.57. The van der Waals surface area contributed by atoms with Crippen molar-refractivity contribution in [1.82, 2.24) is 0 Å². The molecule has 0 saturated carbocycles. The molecule has 2 aliphatic rings. The Labute approximate surface area is 149 Å². The van der Waals surface area contributed by atoms with Gasteiger partial charge in [-0.05, 0) is 11.6 Å². The SMILES string of the molecule is COC(=O)C1=CO[C@@H](OC(C)=O)[C@@H]2C(COC(C)=O)=C[C@@H](OC(C)=O)[C@H]12. The van der Waals surface area contributed by atoms with Crippen LogP contribution in [-0.4, -0.2) is 50.0 Å². The number of methoxy groups -OCH3 is 1. The number of ether oxygens (including phenoxy) is 5. The molecule has 0 N–H and O–H groups in total. The summed E-state index contributed by atoms with van der Waals surface area (Å²) in [4.78, 5) is 46.1. The fraction of sp³-hybridized carbons (Fsp3) is 0.529. The Morgan fingerprint density at radius 1 is 1.00 bits per heavy atom. The molecule has 0 spiro atoms. The summed E-state index contributed by atoms with van der Waals surface area (Å²) in [7, 11) is 1.21. The molecule has 0 aromatic heterocycles. The van der Waals surface area contributed by atoms with E-state index in [-0.39, 0.29) is 12.2 Å². The highest BCUT2D eigenvalue weighted by Crippen LogP contribution is 2.45. The molecule has 1 heterocycles. The molecule has 0 fully saturated rings. The first kappa shape index (κ1) is 19.5. The van der Waals surface area contributed by atoms with Crippen molar-refractivity contribution < 1.29 is 42.9 Å². The van der Waals surface area contributed by atoms with Crippen molar-refractivity contribution in [1.29, 1.82) is 0 Å². The van der Waals surface area contributed by atoms with Crippen LogP contribution >= 0.6 is 0 Å². The van der Waals surface area contributed by atoms with Crippen molar-refractivity contribution in [2.75, 3.05) is 13.7 Å². The van der Waals surface area contributed by atoms with E-state index in [0.29, 0.717) is 5.57 Å². The van der Waals surface area contributed by atoms with Gasteiger partial charge >= 0.3 is 23.9 Å². The van der Waals surface area contributed by atoms with Gasteiger partial charge in [-0.15, -0.1) is 0 Å². The lowest BCUT2D eigenvalue weighted by Gasteiger charge is -2.35. The number of carbonyl (C=O) groups excluding carboxylic acids is 4. The van der Waals surface area contributed by atoms with Crippen LogP contribution in [-0.2, 0) is 42.9 Å². The first-order valence-electron chi connectivity index (χ1n) is 7.86. The molecule has 0 aromatic carbocycles. The minimum absolute atomic E-state index is 0.121. The van der Waals surface area contributed by atoms with E-state index in [1.54, 1.807) is 6.08 Å². The molecular weight excluding hydrogens is 348 g/mol. The van der Waals surface area contributed by atoms with Crippen molar-refractivity contribution in [2.45, 2.75) is 33.2 Å². The first-order chi connectivity index (χ1) is 12.2. The van der Waals surface area contributed by atoms with Gasteiger partial charge < -0.3 is 23.7 Å². The number of fused-ring (bicyclic) bond motifs is 1. The number of esters is 4. The standard InChI is InChI=1S/C17H20O9/c1-8(18)23-6-11-5-13(25-9(2)19)15-12(16(21)22-4)7-24-17(14(11)15)26-10(3)20/h5,7,13-15,17H,6H2,1-4H3/t13-,14-,15+,17+/m1/s1. The van der Waals surface area contributed by atoms with Crippen LogP contribution in [0.1, 0.15) is 20.8 Å². The second-order valence-electron chi connectivity index (χ2n) is 5.83. The van der Waals surface area contributed by atoms with Gasteiger partial charge in [0.1, 0.15) is 12.7 Å². The van der Waals surface area contributed by atoms with E-state index in [9.17, 15) is 19.2 Å². The zero-order valence-electron chi connectivity index (χ0n) is 14.8. The molecular formula is C17H20O9. The molecule has 142 valence electrons. The summed E-state index contributed by atoms with van der Waals surface area (Å²) >= 11 is 0. The average Bonchev–Trinajstić information content (AvgIpc) is 2.90. The lowest BCUT2D eigenvalue weighted by molar-refractivity contribution is -0.184.